The van der Waals surface area contributed by atoms with Gasteiger partial charge < -0.3 is 32.1 Å². The highest BCUT2D eigenvalue weighted by atomic mass is 19.1. The van der Waals surface area contributed by atoms with E-state index < -0.39 is 18.1 Å². The Labute approximate surface area is 232 Å². The first kappa shape index (κ1) is 28.7. The quantitative estimate of drug-likeness (QED) is 0.225. The summed E-state index contributed by atoms with van der Waals surface area (Å²) in [5, 5.41) is 21.2. The lowest BCUT2D eigenvalue weighted by molar-refractivity contribution is -0.0224. The normalized spacial score (nSPS) is 15.3. The van der Waals surface area contributed by atoms with Crippen LogP contribution in [0, 0.1) is 5.82 Å². The van der Waals surface area contributed by atoms with Crippen molar-refractivity contribution in [3.8, 4) is 11.3 Å². The molecule has 1 fully saturated rings. The minimum atomic E-state index is -0.629. The molecular weight excluding hydrogens is 515 g/mol. The number of aromatic nitrogens is 2. The van der Waals surface area contributed by atoms with Gasteiger partial charge in [-0.05, 0) is 62.1 Å². The Balaban J connectivity index is 1.38. The number of nitrogens with zero attached hydrogens (tertiary/aromatic N) is 3. The molecule has 0 spiro atoms. The predicted octanol–water partition coefficient (Wildman–Crippen LogP) is 3.15. The zero-order chi connectivity index (χ0) is 28.5. The van der Waals surface area contributed by atoms with Crippen molar-refractivity contribution in [2.75, 3.05) is 42.5 Å². The fourth-order valence-corrected chi connectivity index (χ4v) is 4.41. The Kier molecular flexibility index (Phi) is 9.81. The molecule has 0 radical (unpaired) electrons. The number of likely N-dealkylation sites (tertiary alicyclic amines) is 1. The number of benzene rings is 1. The number of aliphatic hydroxyl groups is 1. The summed E-state index contributed by atoms with van der Waals surface area (Å²) in [7, 11) is 0. The number of amides is 3. The molecule has 0 saturated carbocycles. The van der Waals surface area contributed by atoms with Crippen LogP contribution in [0.3, 0.4) is 0 Å². The number of nitrogens with one attached hydrogen (secondary N) is 4. The molecule has 3 amide bonds. The molecule has 1 aliphatic rings. The topological polar surface area (TPSA) is 158 Å². The van der Waals surface area contributed by atoms with Gasteiger partial charge in [0.2, 0.25) is 0 Å². The monoisotopic (exact) mass is 550 g/mol. The maximum absolute atomic E-state index is 14.9. The van der Waals surface area contributed by atoms with Crippen LogP contribution in [-0.4, -0.2) is 64.3 Å². The second-order valence-corrected chi connectivity index (χ2v) is 9.48. The van der Waals surface area contributed by atoms with Gasteiger partial charge in [-0.15, -0.1) is 0 Å². The number of hydrogen-bond acceptors (Lipinski definition) is 8. The average Bonchev–Trinajstić information content (AvgIpc) is 2.95. The van der Waals surface area contributed by atoms with Crippen molar-refractivity contribution in [2.45, 2.75) is 39.0 Å². The van der Waals surface area contributed by atoms with Crippen LogP contribution in [0.2, 0.25) is 0 Å². The Hall–Kier alpha value is -4.29. The number of pyridine rings is 2. The number of hydrogen-bond donors (Lipinski definition) is 6. The second kappa shape index (κ2) is 13.7. The Morgan fingerprint density at radius 2 is 2.00 bits per heavy atom. The SMILES string of the molecule is CCNc1nc(-c2ccc(NC(=O)NCc3ccc(N)nc3)c(F)c2)ccc1C(=O)NCCN1CCCCC1O. The van der Waals surface area contributed by atoms with Gasteiger partial charge >= 0.3 is 6.03 Å². The van der Waals surface area contributed by atoms with Crippen LogP contribution in [0.25, 0.3) is 11.3 Å². The molecule has 12 heteroatoms. The summed E-state index contributed by atoms with van der Waals surface area (Å²) >= 11 is 0. The summed E-state index contributed by atoms with van der Waals surface area (Å²) in [5.74, 6) is -0.150. The number of urea groups is 1. The Bertz CT molecular complexity index is 1320. The third-order valence-corrected chi connectivity index (χ3v) is 6.56. The van der Waals surface area contributed by atoms with E-state index in [1.165, 1.54) is 12.1 Å². The van der Waals surface area contributed by atoms with E-state index in [0.29, 0.717) is 48.1 Å². The molecule has 0 aliphatic carbocycles. The van der Waals surface area contributed by atoms with E-state index in [1.807, 2.05) is 11.8 Å². The van der Waals surface area contributed by atoms with Gasteiger partial charge in [-0.25, -0.2) is 19.2 Å². The van der Waals surface area contributed by atoms with Gasteiger partial charge in [0, 0.05) is 44.5 Å². The van der Waals surface area contributed by atoms with Crippen LogP contribution in [-0.2, 0) is 6.54 Å². The predicted molar refractivity (Wildman–Crippen MR) is 152 cm³/mol. The molecule has 0 bridgehead atoms. The van der Waals surface area contributed by atoms with Crippen molar-refractivity contribution < 1.29 is 19.1 Å². The van der Waals surface area contributed by atoms with Gasteiger partial charge in [-0.3, -0.25) is 9.69 Å². The van der Waals surface area contributed by atoms with Crippen molar-refractivity contribution >= 4 is 29.3 Å². The van der Waals surface area contributed by atoms with Crippen LogP contribution in [0.4, 0.5) is 26.5 Å². The lowest BCUT2D eigenvalue weighted by atomic mass is 10.1. The van der Waals surface area contributed by atoms with E-state index in [2.05, 4.69) is 31.2 Å². The van der Waals surface area contributed by atoms with Gasteiger partial charge in [-0.1, -0.05) is 12.1 Å². The lowest BCUT2D eigenvalue weighted by Gasteiger charge is -2.31. The molecule has 3 heterocycles. The van der Waals surface area contributed by atoms with Crippen molar-refractivity contribution in [3.63, 3.8) is 0 Å². The molecule has 1 aromatic carbocycles. The molecule has 7 N–H and O–H groups in total. The number of piperidine rings is 1. The van der Waals surface area contributed by atoms with E-state index >= 15 is 0 Å². The lowest BCUT2D eigenvalue weighted by Crippen LogP contribution is -2.43. The van der Waals surface area contributed by atoms with E-state index in [9.17, 15) is 19.1 Å². The molecule has 1 atom stereocenters. The zero-order valence-electron chi connectivity index (χ0n) is 22.4. The molecule has 212 valence electrons. The molecule has 11 nitrogen and oxygen atoms in total. The van der Waals surface area contributed by atoms with Gasteiger partial charge in [0.1, 0.15) is 23.7 Å². The summed E-state index contributed by atoms with van der Waals surface area (Å²) in [6.07, 6.45) is 3.88. The first-order valence-electron chi connectivity index (χ1n) is 13.3. The summed E-state index contributed by atoms with van der Waals surface area (Å²) in [6.45, 7) is 4.40. The molecule has 1 unspecified atom stereocenters. The van der Waals surface area contributed by atoms with Crippen LogP contribution in [0.5, 0.6) is 0 Å². The van der Waals surface area contributed by atoms with Crippen molar-refractivity contribution in [1.82, 2.24) is 25.5 Å². The largest absolute Gasteiger partial charge is 0.384 e. The zero-order valence-corrected chi connectivity index (χ0v) is 22.4. The van der Waals surface area contributed by atoms with Gasteiger partial charge in [0.15, 0.2) is 0 Å². The first-order chi connectivity index (χ1) is 19.3. The number of halogens is 1. The molecule has 3 aromatic rings. The summed E-state index contributed by atoms with van der Waals surface area (Å²) < 4.78 is 14.9. The highest BCUT2D eigenvalue weighted by Gasteiger charge is 2.20. The minimum Gasteiger partial charge on any atom is -0.384 e. The number of carbonyl (C=O) groups excluding carboxylic acids is 2. The molecular formula is C28H35FN8O3. The van der Waals surface area contributed by atoms with Crippen LogP contribution in [0.15, 0.2) is 48.7 Å². The summed E-state index contributed by atoms with van der Waals surface area (Å²) in [4.78, 5) is 35.6. The summed E-state index contributed by atoms with van der Waals surface area (Å²) in [6, 6.07) is 10.5. The fourth-order valence-electron chi connectivity index (χ4n) is 4.41. The molecule has 2 aromatic heterocycles. The molecule has 1 aliphatic heterocycles. The van der Waals surface area contributed by atoms with E-state index in [-0.39, 0.29) is 18.1 Å². The maximum atomic E-state index is 14.9. The number of carbonyl (C=O) groups is 2. The first-order valence-corrected chi connectivity index (χ1v) is 13.3. The highest BCUT2D eigenvalue weighted by molar-refractivity contribution is 5.99. The number of anilines is 3. The number of nitrogen functional groups attached to an aromatic ring is 1. The Morgan fingerprint density at radius 3 is 2.73 bits per heavy atom. The van der Waals surface area contributed by atoms with Crippen LogP contribution in [0.1, 0.15) is 42.1 Å². The highest BCUT2D eigenvalue weighted by Crippen LogP contribution is 2.26. The minimum absolute atomic E-state index is 0.0124. The smallest absolute Gasteiger partial charge is 0.319 e. The molecule has 1 saturated heterocycles. The van der Waals surface area contributed by atoms with E-state index in [4.69, 9.17) is 5.73 Å². The standard InChI is InChI=1S/C28H35FN8O3/c1-2-31-26-20(27(39)32-12-14-37-13-4-3-5-25(37)38)8-10-22(35-26)19-7-9-23(21(29)15-19)36-28(40)34-17-18-6-11-24(30)33-16-18/h6-11,15-16,25,38H,2-5,12-14,17H2,1H3,(H2,30,33)(H,31,35)(H,32,39)(H2,34,36,40). The molecule has 40 heavy (non-hydrogen) atoms. The van der Waals surface area contributed by atoms with Gasteiger partial charge in [0.25, 0.3) is 5.91 Å². The van der Waals surface area contributed by atoms with Gasteiger partial charge in [-0.2, -0.15) is 0 Å². The van der Waals surface area contributed by atoms with Crippen LogP contribution < -0.4 is 27.0 Å². The average molecular weight is 551 g/mol. The number of rotatable bonds is 10. The van der Waals surface area contributed by atoms with Crippen molar-refractivity contribution in [1.29, 1.82) is 0 Å². The fraction of sp³-hybridized carbons (Fsp3) is 0.357. The maximum Gasteiger partial charge on any atom is 0.319 e. The van der Waals surface area contributed by atoms with Gasteiger partial charge in [0.05, 0.1) is 16.9 Å². The van der Waals surface area contributed by atoms with E-state index in [1.54, 1.807) is 36.5 Å². The summed E-state index contributed by atoms with van der Waals surface area (Å²) in [5.41, 5.74) is 7.65. The van der Waals surface area contributed by atoms with Crippen molar-refractivity contribution in [3.05, 3.63) is 65.6 Å². The van der Waals surface area contributed by atoms with Crippen molar-refractivity contribution in [2.24, 2.45) is 0 Å². The number of nitrogens with two attached hydrogens (primary N) is 1. The third-order valence-electron chi connectivity index (χ3n) is 6.56. The van der Waals surface area contributed by atoms with E-state index in [0.717, 1.165) is 31.4 Å². The third kappa shape index (κ3) is 7.64. The molecule has 4 rings (SSSR count). The van der Waals surface area contributed by atoms with Crippen LogP contribution >= 0.6 is 0 Å². The second-order valence-electron chi connectivity index (χ2n) is 9.48. The number of aliphatic hydroxyl groups excluding tert-OH is 1. The Morgan fingerprint density at radius 1 is 1.15 bits per heavy atom.